The van der Waals surface area contributed by atoms with E-state index in [-0.39, 0.29) is 5.91 Å². The molecule has 1 aliphatic heterocycles. The van der Waals surface area contributed by atoms with E-state index in [9.17, 15) is 4.79 Å². The predicted octanol–water partition coefficient (Wildman–Crippen LogP) is 0.344. The molecule has 0 saturated carbocycles. The van der Waals surface area contributed by atoms with Gasteiger partial charge in [0.1, 0.15) is 5.75 Å². The summed E-state index contributed by atoms with van der Waals surface area (Å²) in [5.41, 5.74) is 0.804. The van der Waals surface area contributed by atoms with Crippen LogP contribution in [0.1, 0.15) is 12.6 Å². The number of amides is 1. The Labute approximate surface area is 126 Å². The molecule has 2 heterocycles. The van der Waals surface area contributed by atoms with Crippen LogP contribution < -0.4 is 10.1 Å². The van der Waals surface area contributed by atoms with E-state index in [4.69, 9.17) is 4.74 Å². The Morgan fingerprint density at radius 3 is 2.71 bits per heavy atom. The highest BCUT2D eigenvalue weighted by Crippen LogP contribution is 2.09. The third-order valence-corrected chi connectivity index (χ3v) is 3.77. The third-order valence-electron chi connectivity index (χ3n) is 3.77. The van der Waals surface area contributed by atoms with Gasteiger partial charge < -0.3 is 15.0 Å². The van der Waals surface area contributed by atoms with Crippen molar-refractivity contribution in [1.29, 1.82) is 0 Å². The number of hydrogen-bond acceptors (Lipinski definition) is 5. The molecule has 1 amide bonds. The van der Waals surface area contributed by atoms with E-state index in [1.54, 1.807) is 19.4 Å². The zero-order valence-electron chi connectivity index (χ0n) is 12.8. The Morgan fingerprint density at radius 2 is 2.05 bits per heavy atom. The molecule has 1 fully saturated rings. The van der Waals surface area contributed by atoms with Gasteiger partial charge in [-0.15, -0.1) is 0 Å². The molecular weight excluding hydrogens is 268 g/mol. The second-order valence-electron chi connectivity index (χ2n) is 5.17. The van der Waals surface area contributed by atoms with Crippen LogP contribution in [0, 0.1) is 0 Å². The van der Waals surface area contributed by atoms with Crippen LogP contribution >= 0.6 is 0 Å². The number of likely N-dealkylation sites (N-methyl/N-ethyl adjacent to an activating group) is 1. The molecule has 0 radical (unpaired) electrons. The molecule has 21 heavy (non-hydrogen) atoms. The van der Waals surface area contributed by atoms with Crippen molar-refractivity contribution < 1.29 is 9.53 Å². The van der Waals surface area contributed by atoms with Gasteiger partial charge in [0, 0.05) is 38.4 Å². The van der Waals surface area contributed by atoms with Crippen LogP contribution in [0.25, 0.3) is 0 Å². The molecule has 0 spiro atoms. The molecule has 0 aromatic carbocycles. The predicted molar refractivity (Wildman–Crippen MR) is 81.2 cm³/mol. The maximum Gasteiger partial charge on any atom is 0.234 e. The summed E-state index contributed by atoms with van der Waals surface area (Å²) < 4.78 is 5.14. The quantitative estimate of drug-likeness (QED) is 0.819. The lowest BCUT2D eigenvalue weighted by Gasteiger charge is -2.33. The fourth-order valence-electron chi connectivity index (χ4n) is 2.39. The summed E-state index contributed by atoms with van der Waals surface area (Å²) >= 11 is 0. The maximum absolute atomic E-state index is 12.0. The molecule has 0 bridgehead atoms. The van der Waals surface area contributed by atoms with Crippen molar-refractivity contribution >= 4 is 5.91 Å². The molecule has 0 atom stereocenters. The third kappa shape index (κ3) is 4.99. The maximum atomic E-state index is 12.0. The molecule has 1 aliphatic rings. The van der Waals surface area contributed by atoms with E-state index in [2.05, 4.69) is 27.0 Å². The Balaban J connectivity index is 1.72. The molecule has 2 rings (SSSR count). The molecule has 1 N–H and O–H groups in total. The average Bonchev–Trinajstić information content (AvgIpc) is 2.54. The molecule has 6 heteroatoms. The number of aromatic nitrogens is 1. The largest absolute Gasteiger partial charge is 0.497 e. The van der Waals surface area contributed by atoms with Gasteiger partial charge in [-0.3, -0.25) is 14.7 Å². The lowest BCUT2D eigenvalue weighted by molar-refractivity contribution is -0.122. The second kappa shape index (κ2) is 7.95. The van der Waals surface area contributed by atoms with Crippen LogP contribution in [-0.2, 0) is 11.3 Å². The monoisotopic (exact) mass is 292 g/mol. The molecule has 0 aliphatic carbocycles. The zero-order chi connectivity index (χ0) is 15.1. The standard InChI is InChI=1S/C15H24N4O2/c1-3-18-6-8-19(9-7-18)12-15(20)17-11-13-10-14(21-2)4-5-16-13/h4-5,10H,3,6-9,11-12H2,1-2H3,(H,17,20). The molecule has 116 valence electrons. The van der Waals surface area contributed by atoms with Gasteiger partial charge in [0.15, 0.2) is 0 Å². The van der Waals surface area contributed by atoms with Crippen LogP contribution in [0.4, 0.5) is 0 Å². The molecule has 6 nitrogen and oxygen atoms in total. The second-order valence-corrected chi connectivity index (χ2v) is 5.17. The van der Waals surface area contributed by atoms with Crippen LogP contribution in [0.3, 0.4) is 0 Å². The number of pyridine rings is 1. The number of ether oxygens (including phenoxy) is 1. The smallest absolute Gasteiger partial charge is 0.234 e. The molecular formula is C15H24N4O2. The topological polar surface area (TPSA) is 57.7 Å². The van der Waals surface area contributed by atoms with Crippen molar-refractivity contribution in [2.45, 2.75) is 13.5 Å². The number of carbonyl (C=O) groups is 1. The van der Waals surface area contributed by atoms with Gasteiger partial charge >= 0.3 is 0 Å². The Morgan fingerprint density at radius 1 is 1.33 bits per heavy atom. The number of carbonyl (C=O) groups excluding carboxylic acids is 1. The number of methoxy groups -OCH3 is 1. The van der Waals surface area contributed by atoms with Crippen molar-refractivity contribution in [2.75, 3.05) is 46.4 Å². The van der Waals surface area contributed by atoms with E-state index >= 15 is 0 Å². The van der Waals surface area contributed by atoms with E-state index in [1.807, 2.05) is 6.07 Å². The number of hydrogen-bond donors (Lipinski definition) is 1. The first-order chi connectivity index (χ1) is 10.2. The minimum atomic E-state index is 0.0459. The lowest BCUT2D eigenvalue weighted by Crippen LogP contribution is -2.49. The van der Waals surface area contributed by atoms with Crippen molar-refractivity contribution in [3.8, 4) is 5.75 Å². The fraction of sp³-hybridized carbons (Fsp3) is 0.600. The van der Waals surface area contributed by atoms with Crippen LogP contribution in [0.2, 0.25) is 0 Å². The highest BCUT2D eigenvalue weighted by molar-refractivity contribution is 5.77. The first kappa shape index (κ1) is 15.7. The van der Waals surface area contributed by atoms with Crippen molar-refractivity contribution in [3.63, 3.8) is 0 Å². The van der Waals surface area contributed by atoms with Gasteiger partial charge in [-0.2, -0.15) is 0 Å². The van der Waals surface area contributed by atoms with Gasteiger partial charge in [-0.1, -0.05) is 6.92 Å². The van der Waals surface area contributed by atoms with E-state index in [0.717, 1.165) is 44.2 Å². The Hall–Kier alpha value is -1.66. The zero-order valence-corrected chi connectivity index (χ0v) is 12.8. The minimum absolute atomic E-state index is 0.0459. The van der Waals surface area contributed by atoms with Gasteiger partial charge in [0.2, 0.25) is 5.91 Å². The van der Waals surface area contributed by atoms with E-state index < -0.39 is 0 Å². The highest BCUT2D eigenvalue weighted by atomic mass is 16.5. The Bertz CT molecular complexity index is 459. The van der Waals surface area contributed by atoms with Crippen molar-refractivity contribution in [1.82, 2.24) is 20.1 Å². The molecule has 0 unspecified atom stereocenters. The fourth-order valence-corrected chi connectivity index (χ4v) is 2.39. The average molecular weight is 292 g/mol. The number of rotatable bonds is 6. The summed E-state index contributed by atoms with van der Waals surface area (Å²) in [5.74, 6) is 0.800. The number of piperazine rings is 1. The normalized spacial score (nSPS) is 16.7. The van der Waals surface area contributed by atoms with Gasteiger partial charge in [-0.05, 0) is 12.6 Å². The minimum Gasteiger partial charge on any atom is -0.497 e. The van der Waals surface area contributed by atoms with Crippen LogP contribution in [0.5, 0.6) is 5.75 Å². The summed E-state index contributed by atoms with van der Waals surface area (Å²) in [6.07, 6.45) is 1.68. The first-order valence-corrected chi connectivity index (χ1v) is 7.41. The van der Waals surface area contributed by atoms with Gasteiger partial charge in [-0.25, -0.2) is 0 Å². The van der Waals surface area contributed by atoms with Gasteiger partial charge in [0.25, 0.3) is 0 Å². The SMILES string of the molecule is CCN1CCN(CC(=O)NCc2cc(OC)ccn2)CC1. The lowest BCUT2D eigenvalue weighted by atomic mass is 10.3. The van der Waals surface area contributed by atoms with Crippen molar-refractivity contribution in [3.05, 3.63) is 24.0 Å². The number of nitrogens with one attached hydrogen (secondary N) is 1. The highest BCUT2D eigenvalue weighted by Gasteiger charge is 2.17. The van der Waals surface area contributed by atoms with Crippen LogP contribution in [0.15, 0.2) is 18.3 Å². The summed E-state index contributed by atoms with van der Waals surface area (Å²) in [4.78, 5) is 20.8. The summed E-state index contributed by atoms with van der Waals surface area (Å²) in [7, 11) is 1.62. The van der Waals surface area contributed by atoms with E-state index in [1.165, 1.54) is 0 Å². The summed E-state index contributed by atoms with van der Waals surface area (Å²) in [6.45, 7) is 8.15. The summed E-state index contributed by atoms with van der Waals surface area (Å²) in [6, 6.07) is 3.62. The summed E-state index contributed by atoms with van der Waals surface area (Å²) in [5, 5.41) is 2.91. The van der Waals surface area contributed by atoms with Gasteiger partial charge in [0.05, 0.1) is 25.9 Å². The van der Waals surface area contributed by atoms with Crippen LogP contribution in [-0.4, -0.2) is 67.1 Å². The first-order valence-electron chi connectivity index (χ1n) is 7.41. The number of nitrogens with zero attached hydrogens (tertiary/aromatic N) is 3. The molecule has 1 aromatic rings. The van der Waals surface area contributed by atoms with E-state index in [0.29, 0.717) is 13.1 Å². The molecule has 1 aromatic heterocycles. The molecule has 1 saturated heterocycles. The Kier molecular flexibility index (Phi) is 5.95. The van der Waals surface area contributed by atoms with Crippen molar-refractivity contribution in [2.24, 2.45) is 0 Å².